The molecule has 0 spiro atoms. The standard InChI is InChI=1S/C27H23Cl2NO2/c1-20-2-14-26(15-3-20)31-18-19-32-27-16-12-25(13-17-27)30(23-8-4-21(28)5-9-23)24-10-6-22(29)7-11-24/h2-17H,18-19H2,1H3. The van der Waals surface area contributed by atoms with E-state index in [4.69, 9.17) is 32.7 Å². The second kappa shape index (κ2) is 10.4. The van der Waals surface area contributed by atoms with E-state index in [9.17, 15) is 0 Å². The Labute approximate surface area is 198 Å². The molecule has 0 amide bonds. The Bertz CT molecular complexity index is 1080. The highest BCUT2D eigenvalue weighted by atomic mass is 35.5. The second-order valence-corrected chi connectivity index (χ2v) is 8.16. The first kappa shape index (κ1) is 22.1. The first-order chi connectivity index (χ1) is 15.6. The van der Waals surface area contributed by atoms with Crippen LogP contribution in [0.1, 0.15) is 5.56 Å². The molecule has 0 aliphatic rings. The Balaban J connectivity index is 1.44. The van der Waals surface area contributed by atoms with Crippen molar-refractivity contribution in [2.45, 2.75) is 6.92 Å². The van der Waals surface area contributed by atoms with Crippen LogP contribution < -0.4 is 14.4 Å². The summed E-state index contributed by atoms with van der Waals surface area (Å²) in [7, 11) is 0. The smallest absolute Gasteiger partial charge is 0.122 e. The quantitative estimate of drug-likeness (QED) is 0.245. The van der Waals surface area contributed by atoms with Crippen molar-refractivity contribution in [3.05, 3.63) is 113 Å². The predicted molar refractivity (Wildman–Crippen MR) is 133 cm³/mol. The Morgan fingerprint density at radius 3 is 1.28 bits per heavy atom. The molecular weight excluding hydrogens is 441 g/mol. The van der Waals surface area contributed by atoms with Crippen LogP contribution >= 0.6 is 23.2 Å². The minimum absolute atomic E-state index is 0.464. The van der Waals surface area contributed by atoms with Gasteiger partial charge in [0.2, 0.25) is 0 Å². The molecule has 0 unspecified atom stereocenters. The van der Waals surface area contributed by atoms with Crippen LogP contribution in [-0.2, 0) is 0 Å². The molecule has 5 heteroatoms. The predicted octanol–water partition coefficient (Wildman–Crippen LogP) is 8.23. The van der Waals surface area contributed by atoms with Crippen molar-refractivity contribution in [3.8, 4) is 11.5 Å². The second-order valence-electron chi connectivity index (χ2n) is 7.29. The molecule has 4 aromatic carbocycles. The molecule has 0 heterocycles. The molecule has 0 atom stereocenters. The van der Waals surface area contributed by atoms with Gasteiger partial charge in [0.25, 0.3) is 0 Å². The Morgan fingerprint density at radius 1 is 0.531 bits per heavy atom. The summed E-state index contributed by atoms with van der Waals surface area (Å²) in [6.07, 6.45) is 0. The lowest BCUT2D eigenvalue weighted by Gasteiger charge is -2.25. The topological polar surface area (TPSA) is 21.7 Å². The van der Waals surface area contributed by atoms with E-state index in [2.05, 4.69) is 11.8 Å². The third kappa shape index (κ3) is 5.76. The lowest BCUT2D eigenvalue weighted by molar-refractivity contribution is 0.217. The molecule has 0 saturated carbocycles. The molecule has 0 N–H and O–H groups in total. The third-order valence-electron chi connectivity index (χ3n) is 4.91. The normalized spacial score (nSPS) is 10.6. The molecule has 3 nitrogen and oxygen atoms in total. The van der Waals surface area contributed by atoms with Gasteiger partial charge in [-0.2, -0.15) is 0 Å². The van der Waals surface area contributed by atoms with Crippen molar-refractivity contribution in [1.29, 1.82) is 0 Å². The summed E-state index contributed by atoms with van der Waals surface area (Å²) in [5, 5.41) is 1.39. The fourth-order valence-corrected chi connectivity index (χ4v) is 3.52. The van der Waals surface area contributed by atoms with Crippen LogP contribution in [0.25, 0.3) is 0 Å². The van der Waals surface area contributed by atoms with E-state index in [1.54, 1.807) is 0 Å². The van der Waals surface area contributed by atoms with Crippen molar-refractivity contribution >= 4 is 40.3 Å². The highest BCUT2D eigenvalue weighted by molar-refractivity contribution is 6.31. The van der Waals surface area contributed by atoms with Crippen molar-refractivity contribution in [3.63, 3.8) is 0 Å². The van der Waals surface area contributed by atoms with E-state index < -0.39 is 0 Å². The van der Waals surface area contributed by atoms with Crippen LogP contribution in [0.15, 0.2) is 97.1 Å². The lowest BCUT2D eigenvalue weighted by atomic mass is 10.2. The van der Waals surface area contributed by atoms with Crippen molar-refractivity contribution in [2.24, 2.45) is 0 Å². The van der Waals surface area contributed by atoms with Crippen LogP contribution in [0.5, 0.6) is 11.5 Å². The van der Waals surface area contributed by atoms with Crippen LogP contribution in [0.3, 0.4) is 0 Å². The zero-order valence-electron chi connectivity index (χ0n) is 17.7. The van der Waals surface area contributed by atoms with Gasteiger partial charge in [-0.05, 0) is 91.9 Å². The largest absolute Gasteiger partial charge is 0.490 e. The van der Waals surface area contributed by atoms with Gasteiger partial charge in [-0.25, -0.2) is 0 Å². The summed E-state index contributed by atoms with van der Waals surface area (Å²) in [6, 6.07) is 31.4. The highest BCUT2D eigenvalue weighted by Gasteiger charge is 2.12. The number of hydrogen-bond acceptors (Lipinski definition) is 3. The minimum atomic E-state index is 0.464. The van der Waals surface area contributed by atoms with Crippen LogP contribution in [-0.4, -0.2) is 13.2 Å². The minimum Gasteiger partial charge on any atom is -0.490 e. The summed E-state index contributed by atoms with van der Waals surface area (Å²) in [6.45, 7) is 3.00. The van der Waals surface area contributed by atoms with Gasteiger partial charge in [-0.1, -0.05) is 40.9 Å². The average Bonchev–Trinajstić information content (AvgIpc) is 2.81. The van der Waals surface area contributed by atoms with E-state index in [1.165, 1.54) is 5.56 Å². The number of benzene rings is 4. The van der Waals surface area contributed by atoms with Crippen LogP contribution in [0.2, 0.25) is 10.0 Å². The van der Waals surface area contributed by atoms with Crippen LogP contribution in [0, 0.1) is 6.92 Å². The molecule has 4 aromatic rings. The van der Waals surface area contributed by atoms with Crippen molar-refractivity contribution in [2.75, 3.05) is 18.1 Å². The highest BCUT2D eigenvalue weighted by Crippen LogP contribution is 2.36. The summed E-state index contributed by atoms with van der Waals surface area (Å²) in [5.41, 5.74) is 4.20. The number of ether oxygens (including phenoxy) is 2. The number of halogens is 2. The molecule has 0 aliphatic carbocycles. The van der Waals surface area contributed by atoms with E-state index in [1.807, 2.05) is 97.1 Å². The van der Waals surface area contributed by atoms with Gasteiger partial charge in [-0.15, -0.1) is 0 Å². The Morgan fingerprint density at radius 2 is 0.875 bits per heavy atom. The number of nitrogens with zero attached hydrogens (tertiary/aromatic N) is 1. The molecule has 0 bridgehead atoms. The third-order valence-corrected chi connectivity index (χ3v) is 5.41. The fourth-order valence-electron chi connectivity index (χ4n) is 3.27. The van der Waals surface area contributed by atoms with Gasteiger partial charge in [0.05, 0.1) is 0 Å². The SMILES string of the molecule is Cc1ccc(OCCOc2ccc(N(c3ccc(Cl)cc3)c3ccc(Cl)cc3)cc2)cc1. The van der Waals surface area contributed by atoms with Crippen molar-refractivity contribution < 1.29 is 9.47 Å². The molecule has 32 heavy (non-hydrogen) atoms. The van der Waals surface area contributed by atoms with E-state index in [0.717, 1.165) is 28.6 Å². The number of rotatable bonds is 8. The molecule has 0 fully saturated rings. The first-order valence-electron chi connectivity index (χ1n) is 10.3. The summed E-state index contributed by atoms with van der Waals surface area (Å²) >= 11 is 12.2. The van der Waals surface area contributed by atoms with E-state index >= 15 is 0 Å². The molecule has 4 rings (SSSR count). The maximum absolute atomic E-state index is 6.09. The monoisotopic (exact) mass is 463 g/mol. The van der Waals surface area contributed by atoms with Gasteiger partial charge in [0, 0.05) is 27.1 Å². The van der Waals surface area contributed by atoms with E-state index in [-0.39, 0.29) is 0 Å². The summed E-state index contributed by atoms with van der Waals surface area (Å²) in [5.74, 6) is 1.63. The molecule has 0 saturated heterocycles. The van der Waals surface area contributed by atoms with Gasteiger partial charge in [0.1, 0.15) is 24.7 Å². The maximum Gasteiger partial charge on any atom is 0.122 e. The zero-order chi connectivity index (χ0) is 22.3. The molecule has 0 radical (unpaired) electrons. The summed E-state index contributed by atoms with van der Waals surface area (Å²) in [4.78, 5) is 2.14. The van der Waals surface area contributed by atoms with E-state index in [0.29, 0.717) is 23.3 Å². The van der Waals surface area contributed by atoms with Gasteiger partial charge in [-0.3, -0.25) is 0 Å². The number of anilines is 3. The van der Waals surface area contributed by atoms with Crippen LogP contribution in [0.4, 0.5) is 17.1 Å². The fraction of sp³-hybridized carbons (Fsp3) is 0.111. The maximum atomic E-state index is 6.09. The molecule has 0 aromatic heterocycles. The van der Waals surface area contributed by atoms with Gasteiger partial charge in [0.15, 0.2) is 0 Å². The Hall–Kier alpha value is -3.14. The van der Waals surface area contributed by atoms with Gasteiger partial charge < -0.3 is 14.4 Å². The number of hydrogen-bond donors (Lipinski definition) is 0. The Kier molecular flexibility index (Phi) is 7.21. The molecule has 162 valence electrons. The number of aryl methyl sites for hydroxylation is 1. The van der Waals surface area contributed by atoms with Crippen molar-refractivity contribution in [1.82, 2.24) is 0 Å². The lowest BCUT2D eigenvalue weighted by Crippen LogP contribution is -2.10. The molecule has 0 aliphatic heterocycles. The van der Waals surface area contributed by atoms with Gasteiger partial charge >= 0.3 is 0 Å². The molecular formula is C27H23Cl2NO2. The summed E-state index contributed by atoms with van der Waals surface area (Å²) < 4.78 is 11.6. The zero-order valence-corrected chi connectivity index (χ0v) is 19.2. The average molecular weight is 464 g/mol. The first-order valence-corrected chi connectivity index (χ1v) is 11.1.